The van der Waals surface area contributed by atoms with Gasteiger partial charge in [-0.15, -0.1) is 0 Å². The van der Waals surface area contributed by atoms with Crippen LogP contribution in [0.25, 0.3) is 34.2 Å². The second-order valence-corrected chi connectivity index (χ2v) is 8.82. The van der Waals surface area contributed by atoms with E-state index in [-0.39, 0.29) is 23.8 Å². The number of imidazole rings is 1. The van der Waals surface area contributed by atoms with Crippen LogP contribution < -0.4 is 9.47 Å². The molecular formula is C26H15Cl2F3N2O4. The summed E-state index contributed by atoms with van der Waals surface area (Å²) < 4.78 is 50.5. The fraction of sp³-hybridized carbons (Fsp3) is 0.0769. The van der Waals surface area contributed by atoms with Crippen LogP contribution in [0.4, 0.5) is 13.2 Å². The summed E-state index contributed by atoms with van der Waals surface area (Å²) in [4.78, 5) is 19.7. The third-order valence-electron chi connectivity index (χ3n) is 5.58. The molecule has 0 saturated carbocycles. The van der Waals surface area contributed by atoms with E-state index in [0.29, 0.717) is 44.1 Å². The molecule has 0 fully saturated rings. The van der Waals surface area contributed by atoms with E-state index in [9.17, 15) is 23.1 Å². The van der Waals surface area contributed by atoms with Gasteiger partial charge in [0.25, 0.3) is 0 Å². The van der Waals surface area contributed by atoms with Crippen molar-refractivity contribution in [2.75, 3.05) is 6.79 Å². The Bertz CT molecular complexity index is 1560. The lowest BCUT2D eigenvalue weighted by atomic mass is 10.0. The maximum absolute atomic E-state index is 13.2. The number of nitrogens with one attached hydrogen (secondary N) is 1. The van der Waals surface area contributed by atoms with Crippen molar-refractivity contribution in [1.82, 2.24) is 9.97 Å². The SMILES string of the molecule is O=C(O)C(=Cc1nc(-c2ccc3c(c2)OCO3)c(-c2cc(Cl)ccc2Cl)[nH]1)c1cccc(C(F)(F)F)c1. The Kier molecular flexibility index (Phi) is 6.35. The summed E-state index contributed by atoms with van der Waals surface area (Å²) in [7, 11) is 0. The molecule has 1 aliphatic rings. The van der Waals surface area contributed by atoms with Crippen LogP contribution in [0.5, 0.6) is 11.5 Å². The van der Waals surface area contributed by atoms with Crippen LogP contribution in [0.3, 0.4) is 0 Å². The number of hydrogen-bond acceptors (Lipinski definition) is 4. The molecule has 6 nitrogen and oxygen atoms in total. The zero-order valence-corrected chi connectivity index (χ0v) is 20.1. The van der Waals surface area contributed by atoms with Gasteiger partial charge in [0.2, 0.25) is 6.79 Å². The minimum atomic E-state index is -4.63. The number of rotatable bonds is 5. The molecule has 1 aliphatic heterocycles. The number of ether oxygens (including phenoxy) is 2. The number of benzene rings is 3. The fourth-order valence-electron chi connectivity index (χ4n) is 3.86. The predicted molar refractivity (Wildman–Crippen MR) is 133 cm³/mol. The van der Waals surface area contributed by atoms with Crippen LogP contribution in [-0.2, 0) is 11.0 Å². The van der Waals surface area contributed by atoms with Crippen molar-refractivity contribution < 1.29 is 32.5 Å². The molecule has 0 saturated heterocycles. The summed E-state index contributed by atoms with van der Waals surface area (Å²) in [5.74, 6) is -0.299. The lowest BCUT2D eigenvalue weighted by molar-refractivity contribution is -0.137. The van der Waals surface area contributed by atoms with Gasteiger partial charge < -0.3 is 19.6 Å². The summed E-state index contributed by atoms with van der Waals surface area (Å²) in [5.41, 5.74) is 0.413. The maximum Gasteiger partial charge on any atom is 0.416 e. The number of aromatic amines is 1. The standard InChI is InChI=1S/C26H15Cl2F3N2O4/c27-16-5-6-19(28)18(10-16)24-23(14-4-7-20-21(9-14)37-12-36-20)32-22(33-24)11-17(25(34)35)13-2-1-3-15(8-13)26(29,30)31/h1-11H,12H2,(H,32,33)(H,34,35). The molecule has 2 N–H and O–H groups in total. The number of carboxylic acids is 1. The number of aromatic nitrogens is 2. The van der Waals surface area contributed by atoms with Crippen LogP contribution in [0.15, 0.2) is 60.7 Å². The van der Waals surface area contributed by atoms with Gasteiger partial charge in [0.1, 0.15) is 5.82 Å². The zero-order valence-electron chi connectivity index (χ0n) is 18.6. The van der Waals surface area contributed by atoms with E-state index < -0.39 is 17.7 Å². The molecule has 0 radical (unpaired) electrons. The number of carbonyl (C=O) groups is 1. The molecule has 11 heteroatoms. The fourth-order valence-corrected chi connectivity index (χ4v) is 4.25. The molecule has 0 aliphatic carbocycles. The van der Waals surface area contributed by atoms with Crippen molar-refractivity contribution in [3.8, 4) is 34.0 Å². The number of aliphatic carboxylic acids is 1. The van der Waals surface area contributed by atoms with Crippen molar-refractivity contribution in [1.29, 1.82) is 0 Å². The van der Waals surface area contributed by atoms with Crippen LogP contribution in [0, 0.1) is 0 Å². The molecule has 0 unspecified atom stereocenters. The van der Waals surface area contributed by atoms with Gasteiger partial charge in [-0.1, -0.05) is 35.3 Å². The number of alkyl halides is 3. The minimum absolute atomic E-state index is 0.0687. The van der Waals surface area contributed by atoms with Crippen molar-refractivity contribution >= 4 is 40.8 Å². The first-order chi connectivity index (χ1) is 17.6. The second-order valence-electron chi connectivity index (χ2n) is 7.98. The molecule has 4 aromatic rings. The van der Waals surface area contributed by atoms with E-state index in [1.54, 1.807) is 36.4 Å². The monoisotopic (exact) mass is 546 g/mol. The molecule has 0 spiro atoms. The molecule has 37 heavy (non-hydrogen) atoms. The number of nitrogens with zero attached hydrogens (tertiary/aromatic N) is 1. The Morgan fingerprint density at radius 2 is 1.81 bits per heavy atom. The Morgan fingerprint density at radius 1 is 1.03 bits per heavy atom. The van der Waals surface area contributed by atoms with Gasteiger partial charge in [-0.3, -0.25) is 0 Å². The van der Waals surface area contributed by atoms with Crippen molar-refractivity contribution in [3.05, 3.63) is 87.7 Å². The van der Waals surface area contributed by atoms with Crippen LogP contribution in [0.1, 0.15) is 17.0 Å². The third-order valence-corrected chi connectivity index (χ3v) is 6.14. The first-order valence-corrected chi connectivity index (χ1v) is 11.4. The van der Waals surface area contributed by atoms with Crippen molar-refractivity contribution in [2.45, 2.75) is 6.18 Å². The number of fused-ring (bicyclic) bond motifs is 1. The third kappa shape index (κ3) is 5.00. The van der Waals surface area contributed by atoms with Gasteiger partial charge in [0, 0.05) is 16.1 Å². The normalized spacial score (nSPS) is 13.2. The van der Waals surface area contributed by atoms with Gasteiger partial charge in [-0.25, -0.2) is 9.78 Å². The van der Waals surface area contributed by atoms with Gasteiger partial charge in [-0.2, -0.15) is 13.2 Å². The molecule has 188 valence electrons. The highest BCUT2D eigenvalue weighted by molar-refractivity contribution is 6.35. The first kappa shape index (κ1) is 24.7. The Balaban J connectivity index is 1.68. The van der Waals surface area contributed by atoms with E-state index in [0.717, 1.165) is 24.3 Å². The highest BCUT2D eigenvalue weighted by atomic mass is 35.5. The number of halogens is 5. The van der Waals surface area contributed by atoms with E-state index >= 15 is 0 Å². The summed E-state index contributed by atoms with van der Waals surface area (Å²) >= 11 is 12.6. The first-order valence-electron chi connectivity index (χ1n) is 10.7. The second kappa shape index (κ2) is 9.49. The van der Waals surface area contributed by atoms with Gasteiger partial charge in [-0.05, 0) is 60.2 Å². The molecule has 3 aromatic carbocycles. The minimum Gasteiger partial charge on any atom is -0.478 e. The van der Waals surface area contributed by atoms with Crippen LogP contribution >= 0.6 is 23.2 Å². The average molecular weight is 547 g/mol. The largest absolute Gasteiger partial charge is 0.478 e. The zero-order chi connectivity index (χ0) is 26.3. The van der Waals surface area contributed by atoms with Crippen molar-refractivity contribution in [3.63, 3.8) is 0 Å². The van der Waals surface area contributed by atoms with E-state index in [4.69, 9.17) is 32.7 Å². The van der Waals surface area contributed by atoms with Gasteiger partial charge >= 0.3 is 12.1 Å². The smallest absolute Gasteiger partial charge is 0.416 e. The molecule has 5 rings (SSSR count). The number of carboxylic acid groups (broad SMARTS) is 1. The predicted octanol–water partition coefficient (Wildman–Crippen LogP) is 7.42. The molecule has 0 bridgehead atoms. The summed E-state index contributed by atoms with van der Waals surface area (Å²) in [6.07, 6.45) is -3.47. The van der Waals surface area contributed by atoms with E-state index in [1.165, 1.54) is 6.07 Å². The van der Waals surface area contributed by atoms with E-state index in [1.807, 2.05) is 0 Å². The molecule has 2 heterocycles. The Morgan fingerprint density at radius 3 is 2.57 bits per heavy atom. The lowest BCUT2D eigenvalue weighted by Gasteiger charge is -2.09. The average Bonchev–Trinajstić information content (AvgIpc) is 3.50. The maximum atomic E-state index is 13.2. The van der Waals surface area contributed by atoms with Gasteiger partial charge in [0.05, 0.1) is 27.5 Å². The summed E-state index contributed by atoms with van der Waals surface area (Å²) in [6, 6.07) is 14.1. The quantitative estimate of drug-likeness (QED) is 0.254. The Hall–Kier alpha value is -3.95. The summed E-state index contributed by atoms with van der Waals surface area (Å²) in [5, 5.41) is 10.6. The molecule has 0 amide bonds. The van der Waals surface area contributed by atoms with Crippen LogP contribution in [0.2, 0.25) is 10.0 Å². The topological polar surface area (TPSA) is 84.4 Å². The summed E-state index contributed by atoms with van der Waals surface area (Å²) in [6.45, 7) is 0.0687. The number of hydrogen-bond donors (Lipinski definition) is 2. The lowest BCUT2D eigenvalue weighted by Crippen LogP contribution is -2.07. The van der Waals surface area contributed by atoms with Crippen LogP contribution in [-0.4, -0.2) is 27.8 Å². The van der Waals surface area contributed by atoms with Gasteiger partial charge in [0.15, 0.2) is 11.5 Å². The highest BCUT2D eigenvalue weighted by Gasteiger charge is 2.31. The molecule has 0 atom stereocenters. The molecule has 1 aromatic heterocycles. The van der Waals surface area contributed by atoms with E-state index in [2.05, 4.69) is 9.97 Å². The molecular weight excluding hydrogens is 532 g/mol. The number of H-pyrrole nitrogens is 1. The Labute approximate surface area is 217 Å². The van der Waals surface area contributed by atoms with Crippen molar-refractivity contribution in [2.24, 2.45) is 0 Å². The highest BCUT2D eigenvalue weighted by Crippen LogP contribution is 2.41.